The second-order valence-electron chi connectivity index (χ2n) is 3.74. The van der Waals surface area contributed by atoms with Gasteiger partial charge in [0.05, 0.1) is 6.04 Å². The first-order valence-electron chi connectivity index (χ1n) is 4.87. The molecule has 2 rings (SSSR count). The second kappa shape index (κ2) is 3.54. The zero-order valence-electron chi connectivity index (χ0n) is 8.41. The lowest BCUT2D eigenvalue weighted by atomic mass is 10.0. The summed E-state index contributed by atoms with van der Waals surface area (Å²) in [7, 11) is 0. The summed E-state index contributed by atoms with van der Waals surface area (Å²) in [4.78, 5) is 27.8. The molecule has 0 bridgehead atoms. The van der Waals surface area contributed by atoms with Crippen molar-refractivity contribution < 1.29 is 19.8 Å². The molecular formula is C8H12N4O4. The maximum Gasteiger partial charge on any atom is 0.414 e. The van der Waals surface area contributed by atoms with Crippen molar-refractivity contribution in [1.29, 1.82) is 0 Å². The van der Waals surface area contributed by atoms with Gasteiger partial charge in [-0.3, -0.25) is 4.90 Å². The SMILES string of the molecule is NC1=N[C@H]2[C@H](CCCN2C(=O)O)N1C(=O)O. The summed E-state index contributed by atoms with van der Waals surface area (Å²) in [5.74, 6) is -0.129. The molecule has 2 amide bonds. The van der Waals surface area contributed by atoms with Crippen molar-refractivity contribution >= 4 is 18.1 Å². The van der Waals surface area contributed by atoms with Gasteiger partial charge in [-0.25, -0.2) is 19.5 Å². The topological polar surface area (TPSA) is 119 Å². The number of amides is 2. The van der Waals surface area contributed by atoms with Crippen molar-refractivity contribution in [2.75, 3.05) is 6.54 Å². The number of carbonyl (C=O) groups is 2. The first-order valence-corrected chi connectivity index (χ1v) is 4.87. The molecule has 16 heavy (non-hydrogen) atoms. The number of piperidine rings is 1. The van der Waals surface area contributed by atoms with Gasteiger partial charge in [-0.15, -0.1) is 0 Å². The number of fused-ring (bicyclic) bond motifs is 1. The van der Waals surface area contributed by atoms with Gasteiger partial charge >= 0.3 is 12.2 Å². The highest BCUT2D eigenvalue weighted by Crippen LogP contribution is 2.28. The van der Waals surface area contributed by atoms with Crippen LogP contribution in [0.5, 0.6) is 0 Å². The summed E-state index contributed by atoms with van der Waals surface area (Å²) in [6.07, 6.45) is -1.80. The van der Waals surface area contributed by atoms with E-state index in [0.717, 1.165) is 9.80 Å². The number of hydrogen-bond acceptors (Lipinski definition) is 4. The quantitative estimate of drug-likeness (QED) is 0.528. The van der Waals surface area contributed by atoms with E-state index < -0.39 is 24.4 Å². The van der Waals surface area contributed by atoms with E-state index in [2.05, 4.69) is 4.99 Å². The minimum atomic E-state index is -1.19. The van der Waals surface area contributed by atoms with Crippen LogP contribution < -0.4 is 5.73 Å². The summed E-state index contributed by atoms with van der Waals surface area (Å²) in [6.45, 7) is 0.362. The Morgan fingerprint density at radius 3 is 2.62 bits per heavy atom. The predicted octanol–water partition coefficient (Wildman–Crippen LogP) is -0.237. The zero-order chi connectivity index (χ0) is 11.9. The van der Waals surface area contributed by atoms with Crippen LogP contribution in [0.4, 0.5) is 9.59 Å². The fraction of sp³-hybridized carbons (Fsp3) is 0.625. The zero-order valence-corrected chi connectivity index (χ0v) is 8.41. The van der Waals surface area contributed by atoms with E-state index in [4.69, 9.17) is 15.9 Å². The highest BCUT2D eigenvalue weighted by molar-refractivity contribution is 5.94. The first kappa shape index (κ1) is 10.5. The molecule has 1 fully saturated rings. The van der Waals surface area contributed by atoms with E-state index in [-0.39, 0.29) is 5.96 Å². The third kappa shape index (κ3) is 1.42. The number of nitrogens with two attached hydrogens (primary N) is 1. The van der Waals surface area contributed by atoms with E-state index in [1.165, 1.54) is 0 Å². The molecular weight excluding hydrogens is 216 g/mol. The molecule has 2 atom stereocenters. The Balaban J connectivity index is 2.27. The number of aliphatic imine (C=N–C) groups is 1. The van der Waals surface area contributed by atoms with Gasteiger partial charge in [0.15, 0.2) is 6.17 Å². The number of nitrogens with zero attached hydrogens (tertiary/aromatic N) is 3. The van der Waals surface area contributed by atoms with Crippen molar-refractivity contribution in [2.45, 2.75) is 25.0 Å². The predicted molar refractivity (Wildman–Crippen MR) is 53.0 cm³/mol. The number of likely N-dealkylation sites (tertiary alicyclic amines) is 1. The molecule has 1 saturated heterocycles. The summed E-state index contributed by atoms with van der Waals surface area (Å²) >= 11 is 0. The van der Waals surface area contributed by atoms with Gasteiger partial charge in [0, 0.05) is 6.54 Å². The smallest absolute Gasteiger partial charge is 0.414 e. The molecule has 0 aromatic carbocycles. The molecule has 4 N–H and O–H groups in total. The molecule has 2 aliphatic heterocycles. The van der Waals surface area contributed by atoms with Gasteiger partial charge in [-0.2, -0.15) is 0 Å². The Hall–Kier alpha value is -1.99. The van der Waals surface area contributed by atoms with Crippen molar-refractivity contribution in [3.05, 3.63) is 0 Å². The van der Waals surface area contributed by atoms with Crippen molar-refractivity contribution in [2.24, 2.45) is 10.7 Å². The second-order valence-corrected chi connectivity index (χ2v) is 3.74. The van der Waals surface area contributed by atoms with E-state index in [1.54, 1.807) is 0 Å². The number of carboxylic acid groups (broad SMARTS) is 2. The van der Waals surface area contributed by atoms with Crippen LogP contribution in [-0.2, 0) is 0 Å². The van der Waals surface area contributed by atoms with Crippen LogP contribution >= 0.6 is 0 Å². The van der Waals surface area contributed by atoms with Gasteiger partial charge in [0.2, 0.25) is 5.96 Å². The van der Waals surface area contributed by atoms with E-state index in [1.807, 2.05) is 0 Å². The molecule has 0 aliphatic carbocycles. The van der Waals surface area contributed by atoms with Crippen LogP contribution in [0.2, 0.25) is 0 Å². The monoisotopic (exact) mass is 228 g/mol. The molecule has 2 aliphatic rings. The van der Waals surface area contributed by atoms with Crippen LogP contribution in [0, 0.1) is 0 Å². The molecule has 8 nitrogen and oxygen atoms in total. The molecule has 88 valence electrons. The highest BCUT2D eigenvalue weighted by atomic mass is 16.4. The maximum absolute atomic E-state index is 10.9. The standard InChI is InChI=1S/C8H12N4O4/c9-6-10-5-4(12(6)8(15)16)2-1-3-11(5)7(13)14/h4-5H,1-3H2,(H2,9,10)(H,13,14)(H,15,16)/t4-,5+/m0/s1. The normalized spacial score (nSPS) is 28.6. The summed E-state index contributed by atoms with van der Waals surface area (Å²) < 4.78 is 0. The number of hydrogen-bond donors (Lipinski definition) is 3. The molecule has 8 heteroatoms. The molecule has 0 aromatic rings. The first-order chi connectivity index (χ1) is 7.52. The Bertz CT molecular complexity index is 369. The minimum Gasteiger partial charge on any atom is -0.465 e. The number of guanidine groups is 1. The molecule has 0 radical (unpaired) electrons. The fourth-order valence-corrected chi connectivity index (χ4v) is 2.19. The fourth-order valence-electron chi connectivity index (χ4n) is 2.19. The van der Waals surface area contributed by atoms with Crippen molar-refractivity contribution in [1.82, 2.24) is 9.80 Å². The average Bonchev–Trinajstić information content (AvgIpc) is 2.52. The van der Waals surface area contributed by atoms with Crippen molar-refractivity contribution in [3.63, 3.8) is 0 Å². The van der Waals surface area contributed by atoms with E-state index >= 15 is 0 Å². The van der Waals surface area contributed by atoms with Crippen molar-refractivity contribution in [3.8, 4) is 0 Å². The molecule has 0 unspecified atom stereocenters. The summed E-state index contributed by atoms with van der Waals surface area (Å²) in [5, 5.41) is 17.9. The average molecular weight is 228 g/mol. The maximum atomic E-state index is 10.9. The Morgan fingerprint density at radius 2 is 2.06 bits per heavy atom. The van der Waals surface area contributed by atoms with Gasteiger partial charge in [-0.05, 0) is 12.8 Å². The minimum absolute atomic E-state index is 0.129. The number of rotatable bonds is 0. The molecule has 0 spiro atoms. The van der Waals surface area contributed by atoms with E-state index in [0.29, 0.717) is 19.4 Å². The van der Waals surface area contributed by atoms with Crippen LogP contribution in [0.25, 0.3) is 0 Å². The lowest BCUT2D eigenvalue weighted by Gasteiger charge is -2.35. The van der Waals surface area contributed by atoms with Gasteiger partial charge < -0.3 is 15.9 Å². The van der Waals surface area contributed by atoms with Gasteiger partial charge in [-0.1, -0.05) is 0 Å². The molecule has 0 aromatic heterocycles. The van der Waals surface area contributed by atoms with Crippen LogP contribution in [0.15, 0.2) is 4.99 Å². The van der Waals surface area contributed by atoms with Gasteiger partial charge in [0.25, 0.3) is 0 Å². The molecule has 2 heterocycles. The summed E-state index contributed by atoms with van der Waals surface area (Å²) in [6, 6.07) is -0.484. The summed E-state index contributed by atoms with van der Waals surface area (Å²) in [5.41, 5.74) is 5.48. The Kier molecular flexibility index (Phi) is 2.33. The lowest BCUT2D eigenvalue weighted by molar-refractivity contribution is 0.0776. The third-order valence-electron chi connectivity index (χ3n) is 2.86. The largest absolute Gasteiger partial charge is 0.465 e. The third-order valence-corrected chi connectivity index (χ3v) is 2.86. The van der Waals surface area contributed by atoms with Crippen LogP contribution in [-0.4, -0.2) is 56.9 Å². The molecule has 0 saturated carbocycles. The Labute approximate surface area is 90.9 Å². The lowest BCUT2D eigenvalue weighted by Crippen LogP contribution is -2.54. The van der Waals surface area contributed by atoms with Gasteiger partial charge in [0.1, 0.15) is 0 Å². The van der Waals surface area contributed by atoms with Crippen LogP contribution in [0.3, 0.4) is 0 Å². The Morgan fingerprint density at radius 1 is 1.38 bits per heavy atom. The van der Waals surface area contributed by atoms with E-state index in [9.17, 15) is 9.59 Å². The van der Waals surface area contributed by atoms with Crippen LogP contribution in [0.1, 0.15) is 12.8 Å². The highest BCUT2D eigenvalue weighted by Gasteiger charge is 2.45.